The molecule has 0 aromatic heterocycles. The fraction of sp³-hybridized carbons (Fsp3) is 0.130. The van der Waals surface area contributed by atoms with E-state index in [9.17, 15) is 9.59 Å². The Bertz CT molecular complexity index is 947. The van der Waals surface area contributed by atoms with E-state index in [4.69, 9.17) is 9.47 Å². The first-order valence-corrected chi connectivity index (χ1v) is 8.76. The third kappa shape index (κ3) is 4.42. The van der Waals surface area contributed by atoms with Crippen molar-refractivity contribution < 1.29 is 19.1 Å². The van der Waals surface area contributed by atoms with Crippen LogP contribution in [0.5, 0.6) is 11.5 Å². The van der Waals surface area contributed by atoms with Gasteiger partial charge in [-0.2, -0.15) is 0 Å². The molecule has 3 aromatic rings. The number of carbonyl (C=O) groups excluding carboxylic acids is 2. The zero-order valence-corrected chi connectivity index (χ0v) is 15.3. The first-order chi connectivity index (χ1) is 13.1. The average Bonchev–Trinajstić information content (AvgIpc) is 2.71. The summed E-state index contributed by atoms with van der Waals surface area (Å²) in [6.45, 7) is 3.83. The molecule has 4 heteroatoms. The predicted molar refractivity (Wildman–Crippen MR) is 103 cm³/mol. The predicted octanol–water partition coefficient (Wildman–Crippen LogP) is 5.00. The van der Waals surface area contributed by atoms with E-state index in [1.165, 1.54) is 0 Å². The molecule has 0 aliphatic carbocycles. The highest BCUT2D eigenvalue weighted by atomic mass is 16.6. The average molecular weight is 360 g/mol. The molecule has 0 N–H and O–H groups in total. The number of rotatable bonds is 5. The van der Waals surface area contributed by atoms with Crippen LogP contribution in [-0.4, -0.2) is 11.9 Å². The van der Waals surface area contributed by atoms with Crippen molar-refractivity contribution in [2.24, 2.45) is 0 Å². The monoisotopic (exact) mass is 360 g/mol. The van der Waals surface area contributed by atoms with Crippen LogP contribution in [0.15, 0.2) is 72.8 Å². The molecule has 4 nitrogen and oxygen atoms in total. The maximum Gasteiger partial charge on any atom is 0.343 e. The smallest absolute Gasteiger partial charge is 0.343 e. The van der Waals surface area contributed by atoms with E-state index >= 15 is 0 Å². The van der Waals surface area contributed by atoms with Crippen molar-refractivity contribution in [3.05, 3.63) is 95.1 Å². The number of hydrogen-bond acceptors (Lipinski definition) is 4. The van der Waals surface area contributed by atoms with Crippen LogP contribution in [0.1, 0.15) is 38.8 Å². The van der Waals surface area contributed by atoms with Gasteiger partial charge in [0.2, 0.25) is 0 Å². The van der Waals surface area contributed by atoms with Gasteiger partial charge in [-0.25, -0.2) is 9.59 Å². The Kier molecular flexibility index (Phi) is 5.67. The third-order valence-corrected chi connectivity index (χ3v) is 4.12. The van der Waals surface area contributed by atoms with Crippen LogP contribution in [0.2, 0.25) is 0 Å². The van der Waals surface area contributed by atoms with Gasteiger partial charge in [0.25, 0.3) is 0 Å². The molecule has 0 radical (unpaired) electrons. The van der Waals surface area contributed by atoms with Crippen molar-refractivity contribution >= 4 is 11.9 Å². The first kappa shape index (κ1) is 18.4. The minimum atomic E-state index is -0.500. The highest BCUT2D eigenvalue weighted by molar-refractivity contribution is 5.93. The number of carbonyl (C=O) groups is 2. The molecule has 0 bridgehead atoms. The fourth-order valence-corrected chi connectivity index (χ4v) is 2.68. The van der Waals surface area contributed by atoms with E-state index in [0.29, 0.717) is 11.1 Å². The highest BCUT2D eigenvalue weighted by Crippen LogP contribution is 2.34. The zero-order valence-electron chi connectivity index (χ0n) is 15.3. The Morgan fingerprint density at radius 2 is 1.30 bits per heavy atom. The Labute approximate surface area is 158 Å². The maximum absolute atomic E-state index is 12.5. The summed E-state index contributed by atoms with van der Waals surface area (Å²) >= 11 is 0. The summed E-state index contributed by atoms with van der Waals surface area (Å²) in [5, 5.41) is 0. The molecule has 0 aliphatic rings. The molecule has 3 rings (SSSR count). The van der Waals surface area contributed by atoms with Gasteiger partial charge in [0.1, 0.15) is 0 Å². The molecule has 0 spiro atoms. The normalized spacial score (nSPS) is 10.3. The highest BCUT2D eigenvalue weighted by Gasteiger charge is 2.19. The van der Waals surface area contributed by atoms with Gasteiger partial charge < -0.3 is 9.47 Å². The molecule has 0 aliphatic heterocycles. The van der Waals surface area contributed by atoms with Crippen LogP contribution >= 0.6 is 0 Å². The Morgan fingerprint density at radius 1 is 0.778 bits per heavy atom. The molecule has 136 valence electrons. The molecule has 0 unspecified atom stereocenters. The lowest BCUT2D eigenvalue weighted by Gasteiger charge is -2.15. The number of ether oxygens (including phenoxy) is 2. The van der Waals surface area contributed by atoms with Crippen LogP contribution in [0.4, 0.5) is 0 Å². The van der Waals surface area contributed by atoms with Gasteiger partial charge in [-0.15, -0.1) is 0 Å². The lowest BCUT2D eigenvalue weighted by Crippen LogP contribution is -2.13. The molecule has 3 aromatic carbocycles. The van der Waals surface area contributed by atoms with Crippen molar-refractivity contribution in [3.63, 3.8) is 0 Å². The molecule has 0 heterocycles. The van der Waals surface area contributed by atoms with Gasteiger partial charge >= 0.3 is 11.9 Å². The number of hydrogen-bond donors (Lipinski definition) is 0. The third-order valence-electron chi connectivity index (χ3n) is 4.12. The summed E-state index contributed by atoms with van der Waals surface area (Å²) in [4.78, 5) is 24.9. The van der Waals surface area contributed by atoms with Gasteiger partial charge in [-0.05, 0) is 54.8 Å². The molecule has 0 saturated carbocycles. The minimum Gasteiger partial charge on any atom is -0.419 e. The lowest BCUT2D eigenvalue weighted by molar-refractivity contribution is 0.0681. The van der Waals surface area contributed by atoms with Crippen LogP contribution in [-0.2, 0) is 6.42 Å². The molecule has 0 fully saturated rings. The lowest BCUT2D eigenvalue weighted by atomic mass is 10.1. The number of aryl methyl sites for hydroxylation is 2. The summed E-state index contributed by atoms with van der Waals surface area (Å²) in [6, 6.07) is 21.1. The Morgan fingerprint density at radius 3 is 1.81 bits per heavy atom. The SMILES string of the molecule is CCc1cc(C)c(OC(=O)c2ccccc2)c(OC(=O)c2ccccc2)c1. The summed E-state index contributed by atoms with van der Waals surface area (Å²) in [5.74, 6) is -0.504. The van der Waals surface area contributed by atoms with Crippen LogP contribution in [0, 0.1) is 6.92 Å². The van der Waals surface area contributed by atoms with Gasteiger partial charge in [-0.3, -0.25) is 0 Å². The topological polar surface area (TPSA) is 52.6 Å². The summed E-state index contributed by atoms with van der Waals surface area (Å²) < 4.78 is 11.2. The van der Waals surface area contributed by atoms with E-state index in [0.717, 1.165) is 17.5 Å². The molecule has 0 saturated heterocycles. The maximum atomic E-state index is 12.5. The molecular formula is C23H20O4. The van der Waals surface area contributed by atoms with Gasteiger partial charge in [0.05, 0.1) is 11.1 Å². The fourth-order valence-electron chi connectivity index (χ4n) is 2.68. The van der Waals surface area contributed by atoms with E-state index in [1.807, 2.05) is 32.0 Å². The summed E-state index contributed by atoms with van der Waals surface area (Å²) in [5.41, 5.74) is 2.58. The van der Waals surface area contributed by atoms with Gasteiger partial charge in [-0.1, -0.05) is 49.4 Å². The van der Waals surface area contributed by atoms with Gasteiger partial charge in [0, 0.05) is 0 Å². The van der Waals surface area contributed by atoms with Crippen molar-refractivity contribution in [2.45, 2.75) is 20.3 Å². The first-order valence-electron chi connectivity index (χ1n) is 8.76. The molecule has 0 amide bonds. The summed E-state index contributed by atoms with van der Waals surface area (Å²) in [7, 11) is 0. The molecule has 27 heavy (non-hydrogen) atoms. The zero-order chi connectivity index (χ0) is 19.2. The number of benzene rings is 3. The van der Waals surface area contributed by atoms with E-state index in [-0.39, 0.29) is 11.5 Å². The second-order valence-electron chi connectivity index (χ2n) is 6.10. The van der Waals surface area contributed by atoms with Crippen molar-refractivity contribution in [1.29, 1.82) is 0 Å². The molecular weight excluding hydrogens is 340 g/mol. The largest absolute Gasteiger partial charge is 0.419 e. The summed E-state index contributed by atoms with van der Waals surface area (Å²) in [6.07, 6.45) is 0.767. The van der Waals surface area contributed by atoms with E-state index in [1.54, 1.807) is 54.6 Å². The van der Waals surface area contributed by atoms with Crippen molar-refractivity contribution in [3.8, 4) is 11.5 Å². The number of esters is 2. The minimum absolute atomic E-state index is 0.241. The van der Waals surface area contributed by atoms with Crippen LogP contribution in [0.25, 0.3) is 0 Å². The second kappa shape index (κ2) is 8.32. The van der Waals surface area contributed by atoms with E-state index in [2.05, 4.69) is 0 Å². The second-order valence-corrected chi connectivity index (χ2v) is 6.10. The Hall–Kier alpha value is -3.40. The van der Waals surface area contributed by atoms with E-state index < -0.39 is 11.9 Å². The van der Waals surface area contributed by atoms with Crippen LogP contribution < -0.4 is 9.47 Å². The van der Waals surface area contributed by atoms with Crippen molar-refractivity contribution in [1.82, 2.24) is 0 Å². The van der Waals surface area contributed by atoms with Crippen molar-refractivity contribution in [2.75, 3.05) is 0 Å². The Balaban J connectivity index is 1.93. The quantitative estimate of drug-likeness (QED) is 0.475. The standard InChI is InChI=1S/C23H20O4/c1-3-17-14-16(2)21(27-23(25)19-12-8-5-9-13-19)20(15-17)26-22(24)18-10-6-4-7-11-18/h4-15H,3H2,1-2H3. The van der Waals surface area contributed by atoms with Crippen LogP contribution in [0.3, 0.4) is 0 Å². The molecule has 0 atom stereocenters. The van der Waals surface area contributed by atoms with Gasteiger partial charge in [0.15, 0.2) is 11.5 Å².